The standard InChI is InChI=1S/C15H19N3O3/c1-5-10-6-11(15(20)21)12(16-7-10)13-17-9(4)14(19)18(13)8(2)3/h6-8,13H,5H2,1-4H3,(H,20,21). The van der Waals surface area contributed by atoms with Crippen LogP contribution in [0.2, 0.25) is 0 Å². The number of aromatic nitrogens is 1. The van der Waals surface area contributed by atoms with E-state index in [2.05, 4.69) is 9.98 Å². The molecule has 1 unspecified atom stereocenters. The van der Waals surface area contributed by atoms with Gasteiger partial charge in [0.25, 0.3) is 5.91 Å². The fourth-order valence-electron chi connectivity index (χ4n) is 2.40. The molecule has 1 amide bonds. The van der Waals surface area contributed by atoms with Crippen molar-refractivity contribution >= 4 is 17.6 Å². The molecule has 2 heterocycles. The van der Waals surface area contributed by atoms with Crippen LogP contribution in [0.5, 0.6) is 0 Å². The predicted molar refractivity (Wildman–Crippen MR) is 78.4 cm³/mol. The molecule has 1 atom stereocenters. The predicted octanol–water partition coefficient (Wildman–Crippen LogP) is 2.05. The molecule has 0 bridgehead atoms. The van der Waals surface area contributed by atoms with Crippen molar-refractivity contribution in [1.82, 2.24) is 9.88 Å². The lowest BCUT2D eigenvalue weighted by Gasteiger charge is -2.27. The summed E-state index contributed by atoms with van der Waals surface area (Å²) in [6.07, 6.45) is 1.69. The van der Waals surface area contributed by atoms with Gasteiger partial charge in [0, 0.05) is 12.2 Å². The fourth-order valence-corrected chi connectivity index (χ4v) is 2.40. The van der Waals surface area contributed by atoms with Crippen molar-refractivity contribution in [1.29, 1.82) is 0 Å². The third kappa shape index (κ3) is 2.66. The topological polar surface area (TPSA) is 82.9 Å². The summed E-state index contributed by atoms with van der Waals surface area (Å²) in [5.41, 5.74) is 1.65. The van der Waals surface area contributed by atoms with Crippen LogP contribution in [0.3, 0.4) is 0 Å². The Kier molecular flexibility index (Phi) is 4.06. The number of hydrogen-bond acceptors (Lipinski definition) is 4. The van der Waals surface area contributed by atoms with Gasteiger partial charge in [0.05, 0.1) is 17.0 Å². The number of aryl methyl sites for hydroxylation is 1. The van der Waals surface area contributed by atoms with Crippen molar-refractivity contribution < 1.29 is 14.7 Å². The lowest BCUT2D eigenvalue weighted by molar-refractivity contribution is -0.126. The van der Waals surface area contributed by atoms with Crippen molar-refractivity contribution in [3.05, 3.63) is 29.1 Å². The van der Waals surface area contributed by atoms with Crippen molar-refractivity contribution in [2.45, 2.75) is 46.3 Å². The van der Waals surface area contributed by atoms with Gasteiger partial charge in [-0.2, -0.15) is 0 Å². The van der Waals surface area contributed by atoms with Gasteiger partial charge in [-0.05, 0) is 38.8 Å². The zero-order valence-electron chi connectivity index (χ0n) is 12.6. The number of rotatable bonds is 4. The molecule has 0 radical (unpaired) electrons. The SMILES string of the molecule is CCc1cnc(C2N=C(C)C(=O)N2C(C)C)c(C(=O)O)c1. The molecule has 21 heavy (non-hydrogen) atoms. The van der Waals surface area contributed by atoms with Crippen LogP contribution in [0.25, 0.3) is 0 Å². The van der Waals surface area contributed by atoms with Gasteiger partial charge in [-0.15, -0.1) is 0 Å². The molecule has 1 aliphatic heterocycles. The summed E-state index contributed by atoms with van der Waals surface area (Å²) in [6, 6.07) is 1.52. The molecule has 0 saturated carbocycles. The Morgan fingerprint density at radius 1 is 1.48 bits per heavy atom. The van der Waals surface area contributed by atoms with E-state index in [1.807, 2.05) is 20.8 Å². The second kappa shape index (κ2) is 5.63. The molecule has 1 aliphatic rings. The zero-order valence-corrected chi connectivity index (χ0v) is 12.6. The average molecular weight is 289 g/mol. The Labute approximate surface area is 123 Å². The highest BCUT2D eigenvalue weighted by molar-refractivity contribution is 6.39. The first-order valence-electron chi connectivity index (χ1n) is 6.96. The van der Waals surface area contributed by atoms with Crippen LogP contribution >= 0.6 is 0 Å². The van der Waals surface area contributed by atoms with Crippen LogP contribution in [0.15, 0.2) is 17.3 Å². The molecule has 112 valence electrons. The third-order valence-corrected chi connectivity index (χ3v) is 3.54. The number of aromatic carboxylic acids is 1. The molecule has 2 rings (SSSR count). The average Bonchev–Trinajstić information content (AvgIpc) is 2.74. The minimum atomic E-state index is -1.05. The summed E-state index contributed by atoms with van der Waals surface area (Å²) in [5, 5.41) is 9.41. The van der Waals surface area contributed by atoms with E-state index < -0.39 is 12.1 Å². The van der Waals surface area contributed by atoms with Crippen molar-refractivity contribution in [2.75, 3.05) is 0 Å². The molecule has 0 saturated heterocycles. The molecular weight excluding hydrogens is 270 g/mol. The molecule has 0 spiro atoms. The summed E-state index contributed by atoms with van der Waals surface area (Å²) < 4.78 is 0. The molecule has 6 nitrogen and oxygen atoms in total. The monoisotopic (exact) mass is 289 g/mol. The number of amides is 1. The van der Waals surface area contributed by atoms with Gasteiger partial charge in [0.1, 0.15) is 0 Å². The third-order valence-electron chi connectivity index (χ3n) is 3.54. The Bertz CT molecular complexity index is 623. The molecule has 0 fully saturated rings. The number of pyridine rings is 1. The van der Waals surface area contributed by atoms with Gasteiger partial charge in [0.15, 0.2) is 6.17 Å². The van der Waals surface area contributed by atoms with Crippen LogP contribution in [0.4, 0.5) is 0 Å². The summed E-state index contributed by atoms with van der Waals surface area (Å²) in [6.45, 7) is 7.32. The Morgan fingerprint density at radius 2 is 2.14 bits per heavy atom. The highest BCUT2D eigenvalue weighted by Gasteiger charge is 2.37. The minimum absolute atomic E-state index is 0.0852. The highest BCUT2D eigenvalue weighted by atomic mass is 16.4. The Hall–Kier alpha value is -2.24. The molecule has 1 aromatic rings. The number of nitrogens with zero attached hydrogens (tertiary/aromatic N) is 3. The first-order valence-corrected chi connectivity index (χ1v) is 6.96. The van der Waals surface area contributed by atoms with E-state index in [0.717, 1.165) is 5.56 Å². The van der Waals surface area contributed by atoms with Gasteiger partial charge in [0.2, 0.25) is 0 Å². The lowest BCUT2D eigenvalue weighted by Crippen LogP contribution is -2.38. The number of carboxylic acids is 1. The van der Waals surface area contributed by atoms with Crippen molar-refractivity contribution in [3.63, 3.8) is 0 Å². The lowest BCUT2D eigenvalue weighted by atomic mass is 10.1. The number of carbonyl (C=O) groups excluding carboxylic acids is 1. The molecule has 1 N–H and O–H groups in total. The maximum atomic E-state index is 12.2. The normalized spacial score (nSPS) is 18.3. The summed E-state index contributed by atoms with van der Waals surface area (Å²) >= 11 is 0. The summed E-state index contributed by atoms with van der Waals surface area (Å²) in [4.78, 5) is 33.8. The zero-order chi connectivity index (χ0) is 15.7. The minimum Gasteiger partial charge on any atom is -0.478 e. The van der Waals surface area contributed by atoms with E-state index in [4.69, 9.17) is 0 Å². The number of hydrogen-bond donors (Lipinski definition) is 1. The van der Waals surface area contributed by atoms with Gasteiger partial charge >= 0.3 is 5.97 Å². The quantitative estimate of drug-likeness (QED) is 0.919. The molecule has 0 aromatic carbocycles. The van der Waals surface area contributed by atoms with E-state index in [-0.39, 0.29) is 17.5 Å². The largest absolute Gasteiger partial charge is 0.478 e. The van der Waals surface area contributed by atoms with Crippen LogP contribution < -0.4 is 0 Å². The smallest absolute Gasteiger partial charge is 0.337 e. The highest BCUT2D eigenvalue weighted by Crippen LogP contribution is 2.31. The maximum Gasteiger partial charge on any atom is 0.337 e. The van der Waals surface area contributed by atoms with Crippen molar-refractivity contribution in [3.8, 4) is 0 Å². The molecule has 6 heteroatoms. The Morgan fingerprint density at radius 3 is 2.67 bits per heavy atom. The van der Waals surface area contributed by atoms with Gasteiger partial charge < -0.3 is 10.0 Å². The molecular formula is C15H19N3O3. The fraction of sp³-hybridized carbons (Fsp3) is 0.467. The number of aliphatic imine (C=N–C) groups is 1. The van der Waals surface area contributed by atoms with E-state index in [0.29, 0.717) is 17.8 Å². The first-order chi connectivity index (χ1) is 9.86. The van der Waals surface area contributed by atoms with E-state index >= 15 is 0 Å². The van der Waals surface area contributed by atoms with E-state index in [1.165, 1.54) is 0 Å². The maximum absolute atomic E-state index is 12.2. The summed E-state index contributed by atoms with van der Waals surface area (Å²) in [5.74, 6) is -1.23. The molecule has 1 aromatic heterocycles. The van der Waals surface area contributed by atoms with E-state index in [9.17, 15) is 14.7 Å². The number of carboxylic acid groups (broad SMARTS) is 1. The van der Waals surface area contributed by atoms with Crippen LogP contribution in [-0.2, 0) is 11.2 Å². The number of carbonyl (C=O) groups is 2. The van der Waals surface area contributed by atoms with Crippen LogP contribution in [-0.4, -0.2) is 38.6 Å². The second-order valence-corrected chi connectivity index (χ2v) is 5.33. The van der Waals surface area contributed by atoms with Crippen LogP contribution in [0.1, 0.15) is 55.5 Å². The van der Waals surface area contributed by atoms with Gasteiger partial charge in [-0.25, -0.2) is 4.79 Å². The second-order valence-electron chi connectivity index (χ2n) is 5.33. The van der Waals surface area contributed by atoms with E-state index in [1.54, 1.807) is 24.1 Å². The first kappa shape index (κ1) is 15.2. The van der Waals surface area contributed by atoms with Crippen LogP contribution in [0, 0.1) is 0 Å². The van der Waals surface area contributed by atoms with Crippen molar-refractivity contribution in [2.24, 2.45) is 4.99 Å². The molecule has 0 aliphatic carbocycles. The Balaban J connectivity index is 2.55. The van der Waals surface area contributed by atoms with Gasteiger partial charge in [-0.3, -0.25) is 14.8 Å². The van der Waals surface area contributed by atoms with Gasteiger partial charge in [-0.1, -0.05) is 6.92 Å². The summed E-state index contributed by atoms with van der Waals surface area (Å²) in [7, 11) is 0.